The highest BCUT2D eigenvalue weighted by atomic mass is 16.5. The fourth-order valence-electron chi connectivity index (χ4n) is 0.914. The predicted molar refractivity (Wildman–Crippen MR) is 51.7 cm³/mol. The van der Waals surface area contributed by atoms with Gasteiger partial charge in [0.2, 0.25) is 0 Å². The van der Waals surface area contributed by atoms with Crippen molar-refractivity contribution in [2.24, 2.45) is 0 Å². The van der Waals surface area contributed by atoms with E-state index in [1.165, 1.54) is 0 Å². The van der Waals surface area contributed by atoms with Crippen molar-refractivity contribution in [3.05, 3.63) is 0 Å². The number of hydrogen-bond acceptors (Lipinski definition) is 4. The highest BCUT2D eigenvalue weighted by Gasteiger charge is 2.11. The molecule has 0 aliphatic rings. The van der Waals surface area contributed by atoms with E-state index in [2.05, 4.69) is 5.32 Å². The normalized spacial score (nSPS) is 14.5. The van der Waals surface area contributed by atoms with Gasteiger partial charge in [-0.25, -0.2) is 0 Å². The number of ether oxygens (including phenoxy) is 1. The molecule has 80 valence electrons. The summed E-state index contributed by atoms with van der Waals surface area (Å²) < 4.78 is 4.76. The van der Waals surface area contributed by atoms with Crippen LogP contribution in [0.4, 0.5) is 0 Å². The second kappa shape index (κ2) is 6.32. The molecule has 1 unspecified atom stereocenters. The molecule has 3 N–H and O–H groups in total. The average Bonchev–Trinajstić information content (AvgIpc) is 1.97. The zero-order valence-corrected chi connectivity index (χ0v) is 8.71. The molecule has 0 aromatic rings. The molecule has 0 heterocycles. The van der Waals surface area contributed by atoms with Crippen molar-refractivity contribution in [3.8, 4) is 0 Å². The first-order chi connectivity index (χ1) is 5.95. The van der Waals surface area contributed by atoms with Gasteiger partial charge in [0, 0.05) is 13.7 Å². The molecule has 0 fully saturated rings. The zero-order valence-electron chi connectivity index (χ0n) is 8.71. The van der Waals surface area contributed by atoms with Gasteiger partial charge in [-0.2, -0.15) is 0 Å². The molecule has 0 aliphatic heterocycles. The lowest BCUT2D eigenvalue weighted by Gasteiger charge is -2.17. The van der Waals surface area contributed by atoms with E-state index in [9.17, 15) is 10.2 Å². The summed E-state index contributed by atoms with van der Waals surface area (Å²) in [7, 11) is 1.56. The van der Waals surface area contributed by atoms with E-state index < -0.39 is 11.7 Å². The van der Waals surface area contributed by atoms with E-state index in [0.717, 1.165) is 0 Å². The van der Waals surface area contributed by atoms with Crippen LogP contribution in [0.15, 0.2) is 0 Å². The molecule has 0 saturated heterocycles. The van der Waals surface area contributed by atoms with E-state index >= 15 is 0 Å². The van der Waals surface area contributed by atoms with E-state index in [1.54, 1.807) is 21.0 Å². The number of aliphatic hydroxyl groups is 2. The maximum Gasteiger partial charge on any atom is 0.0897 e. The summed E-state index contributed by atoms with van der Waals surface area (Å²) in [5.74, 6) is 0. The van der Waals surface area contributed by atoms with Crippen LogP contribution in [0.25, 0.3) is 0 Å². The highest BCUT2D eigenvalue weighted by molar-refractivity contribution is 4.67. The Bertz CT molecular complexity index is 123. The molecule has 0 saturated carbocycles. The fourth-order valence-corrected chi connectivity index (χ4v) is 0.914. The Hall–Kier alpha value is -0.160. The summed E-state index contributed by atoms with van der Waals surface area (Å²) in [6.45, 7) is 5.07. The van der Waals surface area contributed by atoms with Crippen molar-refractivity contribution in [1.82, 2.24) is 5.32 Å². The van der Waals surface area contributed by atoms with Gasteiger partial charge >= 0.3 is 0 Å². The van der Waals surface area contributed by atoms with Gasteiger partial charge in [-0.1, -0.05) is 0 Å². The number of aliphatic hydroxyl groups excluding tert-OH is 1. The quantitative estimate of drug-likeness (QED) is 0.485. The summed E-state index contributed by atoms with van der Waals surface area (Å²) in [6.07, 6.45) is 0.207. The maximum absolute atomic E-state index is 9.36. The van der Waals surface area contributed by atoms with Gasteiger partial charge in [0.1, 0.15) is 0 Å². The average molecular weight is 191 g/mol. The molecule has 13 heavy (non-hydrogen) atoms. The Morgan fingerprint density at radius 1 is 1.46 bits per heavy atom. The molecule has 0 amide bonds. The summed E-state index contributed by atoms with van der Waals surface area (Å²) >= 11 is 0. The molecule has 0 rings (SSSR count). The largest absolute Gasteiger partial charge is 0.390 e. The van der Waals surface area contributed by atoms with E-state index in [1.807, 2.05) is 0 Å². The SMILES string of the molecule is COCC(O)CNCCC(C)(C)O. The second-order valence-electron chi connectivity index (χ2n) is 3.88. The van der Waals surface area contributed by atoms with Crippen LogP contribution in [-0.4, -0.2) is 48.7 Å². The molecular weight excluding hydrogens is 170 g/mol. The smallest absolute Gasteiger partial charge is 0.0897 e. The Labute approximate surface area is 79.9 Å². The topological polar surface area (TPSA) is 61.7 Å². The van der Waals surface area contributed by atoms with Crippen LogP contribution >= 0.6 is 0 Å². The number of rotatable bonds is 7. The minimum Gasteiger partial charge on any atom is -0.390 e. The van der Waals surface area contributed by atoms with Crippen LogP contribution in [0.3, 0.4) is 0 Å². The number of nitrogens with one attached hydrogen (secondary N) is 1. The number of hydrogen-bond donors (Lipinski definition) is 3. The summed E-state index contributed by atoms with van der Waals surface area (Å²) in [5.41, 5.74) is -0.640. The van der Waals surface area contributed by atoms with Gasteiger partial charge < -0.3 is 20.3 Å². The van der Waals surface area contributed by atoms with Crippen LogP contribution in [0.1, 0.15) is 20.3 Å². The molecule has 1 atom stereocenters. The third kappa shape index (κ3) is 9.76. The van der Waals surface area contributed by atoms with Crippen LogP contribution in [-0.2, 0) is 4.74 Å². The lowest BCUT2D eigenvalue weighted by atomic mass is 10.1. The van der Waals surface area contributed by atoms with Gasteiger partial charge in [0.25, 0.3) is 0 Å². The van der Waals surface area contributed by atoms with Crippen molar-refractivity contribution < 1.29 is 14.9 Å². The Kier molecular flexibility index (Phi) is 6.24. The highest BCUT2D eigenvalue weighted by Crippen LogP contribution is 2.04. The standard InChI is InChI=1S/C9H21NO3/c1-9(2,12)4-5-10-6-8(11)7-13-3/h8,10-12H,4-7H2,1-3H3. The van der Waals surface area contributed by atoms with Crippen molar-refractivity contribution in [2.45, 2.75) is 32.0 Å². The molecule has 4 heteroatoms. The van der Waals surface area contributed by atoms with Crippen molar-refractivity contribution >= 4 is 0 Å². The molecule has 0 aromatic heterocycles. The molecular formula is C9H21NO3. The van der Waals surface area contributed by atoms with Gasteiger partial charge in [-0.05, 0) is 26.8 Å². The Balaban J connectivity index is 3.25. The van der Waals surface area contributed by atoms with Crippen LogP contribution < -0.4 is 5.32 Å². The minimum absolute atomic E-state index is 0.343. The third-order valence-electron chi connectivity index (χ3n) is 1.65. The summed E-state index contributed by atoms with van der Waals surface area (Å²) in [6, 6.07) is 0. The molecule has 0 spiro atoms. The maximum atomic E-state index is 9.36. The van der Waals surface area contributed by atoms with Crippen molar-refractivity contribution in [3.63, 3.8) is 0 Å². The van der Waals surface area contributed by atoms with Crippen molar-refractivity contribution in [1.29, 1.82) is 0 Å². The minimum atomic E-state index is -0.640. The first-order valence-electron chi connectivity index (χ1n) is 4.56. The molecule has 0 aromatic carbocycles. The van der Waals surface area contributed by atoms with E-state index in [4.69, 9.17) is 4.74 Å². The van der Waals surface area contributed by atoms with Gasteiger partial charge in [-0.15, -0.1) is 0 Å². The molecule has 4 nitrogen and oxygen atoms in total. The Morgan fingerprint density at radius 3 is 2.54 bits per heavy atom. The summed E-state index contributed by atoms with van der Waals surface area (Å²) in [5, 5.41) is 21.6. The first-order valence-corrected chi connectivity index (χ1v) is 4.56. The van der Waals surface area contributed by atoms with Gasteiger partial charge in [-0.3, -0.25) is 0 Å². The Morgan fingerprint density at radius 2 is 2.08 bits per heavy atom. The van der Waals surface area contributed by atoms with Crippen LogP contribution in [0.5, 0.6) is 0 Å². The fraction of sp³-hybridized carbons (Fsp3) is 1.00. The second-order valence-corrected chi connectivity index (χ2v) is 3.88. The van der Waals surface area contributed by atoms with Gasteiger partial charge in [0.05, 0.1) is 18.3 Å². The predicted octanol–water partition coefficient (Wildman–Crippen LogP) is -0.256. The van der Waals surface area contributed by atoms with E-state index in [0.29, 0.717) is 26.1 Å². The lowest BCUT2D eigenvalue weighted by Crippen LogP contribution is -2.33. The molecule has 0 bridgehead atoms. The third-order valence-corrected chi connectivity index (χ3v) is 1.65. The van der Waals surface area contributed by atoms with Crippen molar-refractivity contribution in [2.75, 3.05) is 26.8 Å². The lowest BCUT2D eigenvalue weighted by molar-refractivity contribution is 0.0563. The number of methoxy groups -OCH3 is 1. The van der Waals surface area contributed by atoms with E-state index in [-0.39, 0.29) is 0 Å². The van der Waals surface area contributed by atoms with Gasteiger partial charge in [0.15, 0.2) is 0 Å². The van der Waals surface area contributed by atoms with Crippen LogP contribution in [0.2, 0.25) is 0 Å². The molecule has 0 aliphatic carbocycles. The summed E-state index contributed by atoms with van der Waals surface area (Å²) in [4.78, 5) is 0. The zero-order chi connectivity index (χ0) is 10.3. The molecule has 0 radical (unpaired) electrons. The van der Waals surface area contributed by atoms with Crippen LogP contribution in [0, 0.1) is 0 Å². The first kappa shape index (κ1) is 12.8. The monoisotopic (exact) mass is 191 g/mol.